The maximum atomic E-state index is 2.47. The number of hydrogen-bond acceptors (Lipinski definition) is 3. The Morgan fingerprint density at radius 1 is 0.453 bits per heavy atom. The molecule has 1 heterocycles. The van der Waals surface area contributed by atoms with E-state index >= 15 is 0 Å². The number of hydrogen-bond donors (Lipinski definition) is 0. The molecule has 0 radical (unpaired) electrons. The van der Waals surface area contributed by atoms with Crippen LogP contribution in [0.15, 0.2) is 176 Å². The van der Waals surface area contributed by atoms with Crippen LogP contribution in [-0.4, -0.2) is 0 Å². The summed E-state index contributed by atoms with van der Waals surface area (Å²) in [6.07, 6.45) is 6.70. The van der Waals surface area contributed by atoms with E-state index in [-0.39, 0.29) is 5.92 Å². The van der Waals surface area contributed by atoms with Gasteiger partial charge in [0, 0.05) is 49.8 Å². The number of fused-ring (bicyclic) bond motifs is 3. The van der Waals surface area contributed by atoms with Crippen LogP contribution in [0.1, 0.15) is 67.6 Å². The van der Waals surface area contributed by atoms with Gasteiger partial charge in [0.2, 0.25) is 0 Å². The van der Waals surface area contributed by atoms with Gasteiger partial charge in [-0.1, -0.05) is 129 Å². The Balaban J connectivity index is 1.05. The third-order valence-corrected chi connectivity index (χ3v) is 12.4. The van der Waals surface area contributed by atoms with Crippen molar-refractivity contribution in [1.29, 1.82) is 0 Å². The minimum absolute atomic E-state index is 0.245. The van der Waals surface area contributed by atoms with Gasteiger partial charge in [0.05, 0.1) is 10.4 Å². The van der Waals surface area contributed by atoms with E-state index < -0.39 is 0 Å². The van der Waals surface area contributed by atoms with Gasteiger partial charge in [-0.05, 0) is 108 Å². The molecule has 1 aliphatic carbocycles. The van der Waals surface area contributed by atoms with E-state index in [1.165, 1.54) is 86.0 Å². The van der Waals surface area contributed by atoms with E-state index in [1.54, 1.807) is 0 Å². The predicted octanol–water partition coefficient (Wildman–Crippen LogP) is 15.2. The molecule has 0 bridgehead atoms. The highest BCUT2D eigenvalue weighted by molar-refractivity contribution is 7.26. The number of benzene rings is 7. The average Bonchev–Trinajstić information content (AvgIpc) is 3.62. The van der Waals surface area contributed by atoms with Gasteiger partial charge >= 0.3 is 0 Å². The van der Waals surface area contributed by atoms with Crippen LogP contribution in [0.2, 0.25) is 0 Å². The summed E-state index contributed by atoms with van der Waals surface area (Å²) in [5.41, 5.74) is 11.1. The Kier molecular flexibility index (Phi) is 9.26. The van der Waals surface area contributed by atoms with Gasteiger partial charge in [0.15, 0.2) is 0 Å². The summed E-state index contributed by atoms with van der Waals surface area (Å²) in [7, 11) is 0. The number of para-hydroxylation sites is 2. The molecule has 1 aromatic heterocycles. The van der Waals surface area contributed by atoms with Gasteiger partial charge in [-0.25, -0.2) is 0 Å². The second-order valence-corrected chi connectivity index (χ2v) is 15.5. The molecule has 7 aromatic carbocycles. The van der Waals surface area contributed by atoms with Crippen molar-refractivity contribution in [2.45, 2.75) is 50.9 Å². The number of nitrogens with zero attached hydrogens (tertiary/aromatic N) is 2. The zero-order valence-electron chi connectivity index (χ0n) is 30.2. The average molecular weight is 705 g/mol. The summed E-state index contributed by atoms with van der Waals surface area (Å²) in [6.45, 7) is 2.32. The fraction of sp³-hybridized carbons (Fsp3) is 0.160. The zero-order valence-corrected chi connectivity index (χ0v) is 31.1. The summed E-state index contributed by atoms with van der Waals surface area (Å²) in [5, 5.41) is 2.64. The van der Waals surface area contributed by atoms with Crippen molar-refractivity contribution in [2.24, 2.45) is 0 Å². The lowest BCUT2D eigenvalue weighted by Gasteiger charge is -2.28. The molecule has 260 valence electrons. The van der Waals surface area contributed by atoms with Crippen LogP contribution in [0, 0.1) is 0 Å². The third-order valence-electron chi connectivity index (χ3n) is 11.2. The molecular formula is C50H44N2S. The van der Waals surface area contributed by atoms with Crippen molar-refractivity contribution < 1.29 is 0 Å². The molecule has 1 aliphatic rings. The summed E-state index contributed by atoms with van der Waals surface area (Å²) < 4.78 is 2.65. The van der Waals surface area contributed by atoms with Crippen LogP contribution in [0.25, 0.3) is 20.2 Å². The zero-order chi connectivity index (χ0) is 35.6. The fourth-order valence-corrected chi connectivity index (χ4v) is 9.49. The molecule has 1 unspecified atom stereocenters. The number of thiophene rings is 1. The first kappa shape index (κ1) is 33.2. The van der Waals surface area contributed by atoms with Gasteiger partial charge in [0.1, 0.15) is 0 Å². The van der Waals surface area contributed by atoms with Gasteiger partial charge in [-0.15, -0.1) is 11.3 Å². The van der Waals surface area contributed by atoms with E-state index in [2.05, 4.69) is 193 Å². The molecular weight excluding hydrogens is 661 g/mol. The number of rotatable bonds is 9. The van der Waals surface area contributed by atoms with Gasteiger partial charge in [-0.2, -0.15) is 0 Å². The molecule has 53 heavy (non-hydrogen) atoms. The maximum absolute atomic E-state index is 2.47. The Hall–Kier alpha value is -5.64. The van der Waals surface area contributed by atoms with Crippen LogP contribution in [0.5, 0.6) is 0 Å². The summed E-state index contributed by atoms with van der Waals surface area (Å²) in [5.74, 6) is 0.932. The summed E-state index contributed by atoms with van der Waals surface area (Å²) >= 11 is 1.89. The molecule has 0 N–H and O–H groups in total. The normalized spacial score (nSPS) is 14.0. The SMILES string of the molecule is CC(c1ccc(N(c2ccccc2)c2ccccc2)cc1)c1ccc(N(c2ccc(C3CCCCC3)cc2)c2cccc3c2sc2ccccc23)cc1. The Morgan fingerprint density at radius 3 is 1.55 bits per heavy atom. The minimum atomic E-state index is 0.245. The molecule has 2 nitrogen and oxygen atoms in total. The van der Waals surface area contributed by atoms with Crippen LogP contribution in [-0.2, 0) is 0 Å². The van der Waals surface area contributed by atoms with E-state index in [4.69, 9.17) is 0 Å². The fourth-order valence-electron chi connectivity index (χ4n) is 8.29. The molecule has 0 aliphatic heterocycles. The molecule has 1 saturated carbocycles. The molecule has 9 rings (SSSR count). The molecule has 3 heteroatoms. The van der Waals surface area contributed by atoms with Crippen molar-refractivity contribution in [3.05, 3.63) is 193 Å². The second-order valence-electron chi connectivity index (χ2n) is 14.4. The monoisotopic (exact) mass is 704 g/mol. The highest BCUT2D eigenvalue weighted by atomic mass is 32.1. The van der Waals surface area contributed by atoms with E-state index in [1.807, 2.05) is 11.3 Å². The lowest BCUT2D eigenvalue weighted by molar-refractivity contribution is 0.443. The van der Waals surface area contributed by atoms with Crippen LogP contribution in [0.3, 0.4) is 0 Å². The first-order chi connectivity index (χ1) is 26.2. The Morgan fingerprint density at radius 2 is 0.943 bits per heavy atom. The quantitative estimate of drug-likeness (QED) is 0.148. The molecule has 8 aromatic rings. The lowest BCUT2D eigenvalue weighted by Crippen LogP contribution is -2.11. The maximum Gasteiger partial charge on any atom is 0.0640 e. The van der Waals surface area contributed by atoms with Crippen molar-refractivity contribution >= 4 is 65.6 Å². The second kappa shape index (κ2) is 14.8. The highest BCUT2D eigenvalue weighted by Crippen LogP contribution is 2.45. The first-order valence-electron chi connectivity index (χ1n) is 19.1. The largest absolute Gasteiger partial charge is 0.311 e. The summed E-state index contributed by atoms with van der Waals surface area (Å²) in [6, 6.07) is 64.6. The van der Waals surface area contributed by atoms with Gasteiger partial charge in [-0.3, -0.25) is 0 Å². The van der Waals surface area contributed by atoms with Crippen LogP contribution < -0.4 is 9.80 Å². The van der Waals surface area contributed by atoms with Gasteiger partial charge in [0.25, 0.3) is 0 Å². The molecule has 0 amide bonds. The van der Waals surface area contributed by atoms with E-state index in [9.17, 15) is 0 Å². The molecule has 1 atom stereocenters. The van der Waals surface area contributed by atoms with Gasteiger partial charge < -0.3 is 9.80 Å². The van der Waals surface area contributed by atoms with Crippen LogP contribution in [0.4, 0.5) is 34.1 Å². The lowest BCUT2D eigenvalue weighted by atomic mass is 9.84. The molecule has 0 spiro atoms. The van der Waals surface area contributed by atoms with Crippen molar-refractivity contribution in [2.75, 3.05) is 9.80 Å². The van der Waals surface area contributed by atoms with Crippen molar-refractivity contribution in [3.63, 3.8) is 0 Å². The Bertz CT molecular complexity index is 2390. The summed E-state index contributed by atoms with van der Waals surface area (Å²) in [4.78, 5) is 4.78. The molecule has 0 saturated heterocycles. The Labute approximate surface area is 317 Å². The van der Waals surface area contributed by atoms with Crippen molar-refractivity contribution in [3.8, 4) is 0 Å². The number of anilines is 6. The highest BCUT2D eigenvalue weighted by Gasteiger charge is 2.21. The van der Waals surface area contributed by atoms with E-state index in [0.29, 0.717) is 5.92 Å². The topological polar surface area (TPSA) is 6.48 Å². The third kappa shape index (κ3) is 6.62. The predicted molar refractivity (Wildman–Crippen MR) is 228 cm³/mol. The first-order valence-corrected chi connectivity index (χ1v) is 19.9. The van der Waals surface area contributed by atoms with Crippen LogP contribution >= 0.6 is 11.3 Å². The molecule has 1 fully saturated rings. The standard InChI is InChI=1S/C50H44N2S/c1-36(37-24-30-43(31-25-37)51(41-16-7-3-8-17-41)42-18-9-4-10-19-42)38-26-32-44(33-27-38)52(45-34-28-40(29-35-45)39-14-5-2-6-15-39)48-22-13-21-47-46-20-11-12-23-49(46)53-50(47)48/h3-4,7-13,16-36,39H,2,5-6,14-15H2,1H3. The van der Waals surface area contributed by atoms with Crippen molar-refractivity contribution in [1.82, 2.24) is 0 Å². The smallest absolute Gasteiger partial charge is 0.0640 e. The van der Waals surface area contributed by atoms with E-state index in [0.717, 1.165) is 17.1 Å². The minimum Gasteiger partial charge on any atom is -0.311 e.